The van der Waals surface area contributed by atoms with Gasteiger partial charge in [-0.3, -0.25) is 0 Å². The topological polar surface area (TPSA) is 20.2 Å². The first kappa shape index (κ1) is 10.3. The second kappa shape index (κ2) is 4.43. The molecule has 13 heavy (non-hydrogen) atoms. The fourth-order valence-electron chi connectivity index (χ4n) is 1.34. The molecule has 1 atom stereocenters. The molecule has 0 unspecified atom stereocenters. The number of aryl methyl sites for hydroxylation is 1. The first-order valence-electron chi connectivity index (χ1n) is 4.92. The summed E-state index contributed by atoms with van der Waals surface area (Å²) in [5, 5.41) is 9.76. The summed E-state index contributed by atoms with van der Waals surface area (Å²) in [5.74, 6) is 0.285. The van der Waals surface area contributed by atoms with E-state index in [0.717, 1.165) is 12.0 Å². The van der Waals surface area contributed by atoms with Crippen LogP contribution in [0.25, 0.3) is 0 Å². The first-order valence-corrected chi connectivity index (χ1v) is 4.92. The lowest BCUT2D eigenvalue weighted by molar-refractivity contribution is 0.127. The maximum absolute atomic E-state index is 9.76. The molecule has 1 N–H and O–H groups in total. The van der Waals surface area contributed by atoms with Crippen LogP contribution in [0.4, 0.5) is 0 Å². The zero-order valence-electron chi connectivity index (χ0n) is 8.62. The zero-order valence-corrected chi connectivity index (χ0v) is 8.62. The van der Waals surface area contributed by atoms with Gasteiger partial charge in [0, 0.05) is 0 Å². The van der Waals surface area contributed by atoms with Crippen molar-refractivity contribution >= 4 is 0 Å². The minimum absolute atomic E-state index is 0.285. The van der Waals surface area contributed by atoms with Gasteiger partial charge in [0.2, 0.25) is 0 Å². The van der Waals surface area contributed by atoms with Gasteiger partial charge in [-0.25, -0.2) is 0 Å². The summed E-state index contributed by atoms with van der Waals surface area (Å²) < 4.78 is 0. The third-order valence-corrected chi connectivity index (χ3v) is 2.36. The molecule has 0 heterocycles. The normalized spacial score (nSPS) is 13.3. The molecule has 0 spiro atoms. The van der Waals surface area contributed by atoms with Crippen molar-refractivity contribution in [3.8, 4) is 0 Å². The predicted molar refractivity (Wildman–Crippen MR) is 55.6 cm³/mol. The van der Waals surface area contributed by atoms with Crippen LogP contribution in [-0.2, 0) is 6.42 Å². The van der Waals surface area contributed by atoms with Crippen molar-refractivity contribution in [1.82, 2.24) is 0 Å². The second-order valence-electron chi connectivity index (χ2n) is 3.78. The molecule has 72 valence electrons. The van der Waals surface area contributed by atoms with Crippen LogP contribution in [0.5, 0.6) is 0 Å². The molecule has 0 bridgehead atoms. The van der Waals surface area contributed by atoms with Crippen LogP contribution in [0.3, 0.4) is 0 Å². The first-order chi connectivity index (χ1) is 6.15. The molecule has 1 nitrogen and oxygen atoms in total. The van der Waals surface area contributed by atoms with E-state index < -0.39 is 0 Å². The molecule has 0 aliphatic heterocycles. The van der Waals surface area contributed by atoms with Gasteiger partial charge in [0.25, 0.3) is 0 Å². The summed E-state index contributed by atoms with van der Waals surface area (Å²) in [7, 11) is 0. The fourth-order valence-corrected chi connectivity index (χ4v) is 1.34. The maximum Gasteiger partial charge on any atom is 0.0812 e. The molecule has 1 rings (SSSR count). The Labute approximate surface area is 80.4 Å². The highest BCUT2D eigenvalue weighted by Gasteiger charge is 2.10. The summed E-state index contributed by atoms with van der Waals surface area (Å²) in [6.45, 7) is 6.19. The summed E-state index contributed by atoms with van der Waals surface area (Å²) in [4.78, 5) is 0. The van der Waals surface area contributed by atoms with E-state index in [0.29, 0.717) is 0 Å². The Bertz CT molecular complexity index is 248. The van der Waals surface area contributed by atoms with Crippen molar-refractivity contribution in [2.45, 2.75) is 33.3 Å². The van der Waals surface area contributed by atoms with E-state index in [9.17, 15) is 5.11 Å². The molecule has 0 aliphatic rings. The lowest BCUT2D eigenvalue weighted by Crippen LogP contribution is -2.05. The SMILES string of the molecule is CCc1ccc([C@@H](O)C(C)C)cc1. The third-order valence-electron chi connectivity index (χ3n) is 2.36. The number of hydrogen-bond acceptors (Lipinski definition) is 1. The van der Waals surface area contributed by atoms with Gasteiger partial charge >= 0.3 is 0 Å². The van der Waals surface area contributed by atoms with Gasteiger partial charge in [0.15, 0.2) is 0 Å². The summed E-state index contributed by atoms with van der Waals surface area (Å²) >= 11 is 0. The van der Waals surface area contributed by atoms with E-state index >= 15 is 0 Å². The van der Waals surface area contributed by atoms with Gasteiger partial charge in [0.1, 0.15) is 0 Å². The van der Waals surface area contributed by atoms with Gasteiger partial charge in [-0.1, -0.05) is 45.0 Å². The lowest BCUT2D eigenvalue weighted by atomic mass is 9.98. The highest BCUT2D eigenvalue weighted by atomic mass is 16.3. The van der Waals surface area contributed by atoms with Crippen molar-refractivity contribution in [2.24, 2.45) is 5.92 Å². The fraction of sp³-hybridized carbons (Fsp3) is 0.500. The van der Waals surface area contributed by atoms with E-state index in [1.165, 1.54) is 5.56 Å². The molecule has 0 aromatic heterocycles. The molecule has 1 aromatic rings. The largest absolute Gasteiger partial charge is 0.388 e. The molecule has 0 fully saturated rings. The Morgan fingerprint density at radius 1 is 1.15 bits per heavy atom. The van der Waals surface area contributed by atoms with Crippen LogP contribution < -0.4 is 0 Å². The van der Waals surface area contributed by atoms with Crippen LogP contribution >= 0.6 is 0 Å². The Morgan fingerprint density at radius 3 is 2.08 bits per heavy atom. The van der Waals surface area contributed by atoms with Gasteiger partial charge in [-0.15, -0.1) is 0 Å². The number of benzene rings is 1. The minimum atomic E-state index is -0.328. The zero-order chi connectivity index (χ0) is 9.84. The Kier molecular flexibility index (Phi) is 3.49. The average molecular weight is 178 g/mol. The van der Waals surface area contributed by atoms with Crippen LogP contribution in [0.15, 0.2) is 24.3 Å². The van der Waals surface area contributed by atoms with Crippen LogP contribution in [0, 0.1) is 5.92 Å². The van der Waals surface area contributed by atoms with Gasteiger partial charge in [-0.2, -0.15) is 0 Å². The second-order valence-corrected chi connectivity index (χ2v) is 3.78. The Morgan fingerprint density at radius 2 is 1.69 bits per heavy atom. The number of hydrogen-bond donors (Lipinski definition) is 1. The van der Waals surface area contributed by atoms with Crippen LogP contribution in [0.1, 0.15) is 38.0 Å². The lowest BCUT2D eigenvalue weighted by Gasteiger charge is -2.14. The molecule has 0 saturated carbocycles. The third kappa shape index (κ3) is 2.56. The van der Waals surface area contributed by atoms with E-state index in [-0.39, 0.29) is 12.0 Å². The summed E-state index contributed by atoms with van der Waals surface area (Å²) in [6, 6.07) is 8.20. The number of rotatable bonds is 3. The van der Waals surface area contributed by atoms with E-state index in [2.05, 4.69) is 19.1 Å². The van der Waals surface area contributed by atoms with Crippen LogP contribution in [-0.4, -0.2) is 5.11 Å². The Hall–Kier alpha value is -0.820. The molecule has 0 aliphatic carbocycles. The van der Waals surface area contributed by atoms with E-state index in [1.807, 2.05) is 26.0 Å². The van der Waals surface area contributed by atoms with Crippen molar-refractivity contribution in [3.63, 3.8) is 0 Å². The quantitative estimate of drug-likeness (QED) is 0.754. The monoisotopic (exact) mass is 178 g/mol. The molecule has 0 amide bonds. The highest BCUT2D eigenvalue weighted by Crippen LogP contribution is 2.21. The number of aliphatic hydroxyl groups excluding tert-OH is 1. The molecule has 0 radical (unpaired) electrons. The van der Waals surface area contributed by atoms with Crippen molar-refractivity contribution < 1.29 is 5.11 Å². The number of aliphatic hydroxyl groups is 1. The van der Waals surface area contributed by atoms with Gasteiger partial charge < -0.3 is 5.11 Å². The smallest absolute Gasteiger partial charge is 0.0812 e. The van der Waals surface area contributed by atoms with Crippen molar-refractivity contribution in [3.05, 3.63) is 35.4 Å². The van der Waals surface area contributed by atoms with Crippen LogP contribution in [0.2, 0.25) is 0 Å². The average Bonchev–Trinajstić information content (AvgIpc) is 2.17. The van der Waals surface area contributed by atoms with E-state index in [4.69, 9.17) is 0 Å². The molecule has 0 saturated heterocycles. The van der Waals surface area contributed by atoms with E-state index in [1.54, 1.807) is 0 Å². The predicted octanol–water partition coefficient (Wildman–Crippen LogP) is 2.94. The minimum Gasteiger partial charge on any atom is -0.388 e. The van der Waals surface area contributed by atoms with Crippen molar-refractivity contribution in [1.29, 1.82) is 0 Å². The molecular weight excluding hydrogens is 160 g/mol. The standard InChI is InChI=1S/C12H18O/c1-4-10-5-7-11(8-6-10)12(13)9(2)3/h5-9,12-13H,4H2,1-3H3/t12-/m0/s1. The van der Waals surface area contributed by atoms with Gasteiger partial charge in [0.05, 0.1) is 6.10 Å². The van der Waals surface area contributed by atoms with Gasteiger partial charge in [-0.05, 0) is 23.5 Å². The Balaban J connectivity index is 2.79. The maximum atomic E-state index is 9.76. The summed E-state index contributed by atoms with van der Waals surface area (Å²) in [5.41, 5.74) is 2.34. The highest BCUT2D eigenvalue weighted by molar-refractivity contribution is 5.24. The molecule has 1 heteroatoms. The molecular formula is C12H18O. The summed E-state index contributed by atoms with van der Waals surface area (Å²) in [6.07, 6.45) is 0.726. The van der Waals surface area contributed by atoms with Crippen molar-refractivity contribution in [2.75, 3.05) is 0 Å². The molecule has 1 aromatic carbocycles.